The lowest BCUT2D eigenvalue weighted by atomic mass is 9.84. The molecule has 0 radical (unpaired) electrons. The smallest absolute Gasteiger partial charge is 0.231 e. The Balaban J connectivity index is 0.00000218. The van der Waals surface area contributed by atoms with Crippen LogP contribution in [0.3, 0.4) is 0 Å². The molecule has 3 aliphatic rings. The first-order chi connectivity index (χ1) is 14.1. The number of para-hydroxylation sites is 1. The molecule has 3 N–H and O–H groups in total. The van der Waals surface area contributed by atoms with Crippen molar-refractivity contribution >= 4 is 35.6 Å². The molecule has 2 bridgehead atoms. The van der Waals surface area contributed by atoms with Gasteiger partial charge in [-0.1, -0.05) is 30.3 Å². The number of nitrogens with two attached hydrogens (primary N) is 1. The summed E-state index contributed by atoms with van der Waals surface area (Å²) in [6.07, 6.45) is 4.66. The van der Waals surface area contributed by atoms with E-state index in [0.717, 1.165) is 42.7 Å². The molecule has 6 heteroatoms. The monoisotopic (exact) mass is 425 g/mol. The van der Waals surface area contributed by atoms with Gasteiger partial charge in [-0.25, -0.2) is 0 Å². The summed E-state index contributed by atoms with van der Waals surface area (Å²) in [4.78, 5) is 27.4. The predicted molar refractivity (Wildman–Crippen MR) is 121 cm³/mol. The molecule has 158 valence electrons. The molecule has 2 aromatic rings. The Bertz CT molecular complexity index is 944. The molecular weight excluding hydrogens is 398 g/mol. The number of amides is 2. The Hall–Kier alpha value is -2.37. The van der Waals surface area contributed by atoms with Crippen molar-refractivity contribution < 1.29 is 9.59 Å². The molecule has 2 aromatic carbocycles. The third-order valence-electron chi connectivity index (χ3n) is 7.05. The molecule has 5 rings (SSSR count). The number of hydrogen-bond donors (Lipinski definition) is 2. The van der Waals surface area contributed by atoms with Crippen LogP contribution in [0.15, 0.2) is 48.5 Å². The lowest BCUT2D eigenvalue weighted by molar-refractivity contribution is -0.122. The van der Waals surface area contributed by atoms with Gasteiger partial charge >= 0.3 is 0 Å². The fraction of sp³-hybridized carbons (Fsp3) is 0.417. The normalized spacial score (nSPS) is 26.2. The highest BCUT2D eigenvalue weighted by Crippen LogP contribution is 2.47. The van der Waals surface area contributed by atoms with Crippen LogP contribution in [0.2, 0.25) is 0 Å². The van der Waals surface area contributed by atoms with Crippen LogP contribution in [0.4, 0.5) is 11.4 Å². The summed E-state index contributed by atoms with van der Waals surface area (Å²) in [5, 5.41) is 3.03. The van der Waals surface area contributed by atoms with Gasteiger partial charge in [0.1, 0.15) is 0 Å². The molecule has 2 fully saturated rings. The third-order valence-corrected chi connectivity index (χ3v) is 7.05. The minimum atomic E-state index is -0.0646. The lowest BCUT2D eigenvalue weighted by Gasteiger charge is -2.27. The molecule has 5 nitrogen and oxygen atoms in total. The first-order valence-electron chi connectivity index (χ1n) is 10.6. The van der Waals surface area contributed by atoms with Crippen molar-refractivity contribution in [1.29, 1.82) is 0 Å². The van der Waals surface area contributed by atoms with Crippen molar-refractivity contribution in [3.63, 3.8) is 0 Å². The number of nitrogens with zero attached hydrogens (tertiary/aromatic N) is 1. The van der Waals surface area contributed by atoms with Gasteiger partial charge in [0, 0.05) is 24.0 Å². The largest absolute Gasteiger partial charge is 0.327 e. The maximum Gasteiger partial charge on any atom is 0.231 e. The second-order valence-electron chi connectivity index (χ2n) is 8.72. The van der Waals surface area contributed by atoms with Gasteiger partial charge in [-0.2, -0.15) is 0 Å². The molecular formula is C24H28ClN3O2. The summed E-state index contributed by atoms with van der Waals surface area (Å²) in [6, 6.07) is 15.7. The van der Waals surface area contributed by atoms with E-state index in [1.165, 1.54) is 12.0 Å². The number of nitrogens with one attached hydrogen (secondary N) is 1. The standard InChI is InChI=1S/C24H27N3O2.ClH/c25-23-18-8-7-17(14-18)22(23)24(29)26-19-9-5-15(6-10-19)13-21(28)27-12-11-16-3-1-2-4-20(16)27;/h1-6,9-10,17-18,22-23H,7-8,11-14,25H2,(H,26,29);1H. The fourth-order valence-corrected chi connectivity index (χ4v) is 5.52. The summed E-state index contributed by atoms with van der Waals surface area (Å²) < 4.78 is 0. The number of anilines is 2. The molecule has 4 atom stereocenters. The van der Waals surface area contributed by atoms with Gasteiger partial charge in [0.15, 0.2) is 0 Å². The fourth-order valence-electron chi connectivity index (χ4n) is 5.52. The molecule has 2 amide bonds. The Morgan fingerprint density at radius 2 is 1.77 bits per heavy atom. The summed E-state index contributed by atoms with van der Waals surface area (Å²) in [5.74, 6) is 1.04. The minimum absolute atomic E-state index is 0. The van der Waals surface area contributed by atoms with Crippen molar-refractivity contribution in [3.8, 4) is 0 Å². The SMILES string of the molecule is Cl.NC1C2CCC(C2)C1C(=O)Nc1ccc(CC(=O)N2CCc3ccccc32)cc1. The first kappa shape index (κ1) is 20.9. The van der Waals surface area contributed by atoms with E-state index in [9.17, 15) is 9.59 Å². The average molecular weight is 426 g/mol. The highest BCUT2D eigenvalue weighted by atomic mass is 35.5. The van der Waals surface area contributed by atoms with Crippen LogP contribution in [0, 0.1) is 17.8 Å². The van der Waals surface area contributed by atoms with E-state index < -0.39 is 0 Å². The molecule has 2 saturated carbocycles. The Morgan fingerprint density at radius 1 is 1.03 bits per heavy atom. The van der Waals surface area contributed by atoms with Gasteiger partial charge in [-0.3, -0.25) is 9.59 Å². The van der Waals surface area contributed by atoms with Gasteiger partial charge in [0.2, 0.25) is 11.8 Å². The third kappa shape index (κ3) is 3.72. The topological polar surface area (TPSA) is 75.4 Å². The van der Waals surface area contributed by atoms with E-state index in [4.69, 9.17) is 5.73 Å². The quantitative estimate of drug-likeness (QED) is 0.786. The lowest BCUT2D eigenvalue weighted by Crippen LogP contribution is -2.42. The zero-order valence-corrected chi connectivity index (χ0v) is 17.7. The van der Waals surface area contributed by atoms with E-state index >= 15 is 0 Å². The van der Waals surface area contributed by atoms with E-state index in [0.29, 0.717) is 18.3 Å². The van der Waals surface area contributed by atoms with E-state index in [1.807, 2.05) is 47.4 Å². The van der Waals surface area contributed by atoms with Crippen LogP contribution < -0.4 is 16.0 Å². The van der Waals surface area contributed by atoms with Gasteiger partial charge in [0.25, 0.3) is 0 Å². The molecule has 4 unspecified atom stereocenters. The van der Waals surface area contributed by atoms with Crippen molar-refractivity contribution in [3.05, 3.63) is 59.7 Å². The summed E-state index contributed by atoms with van der Waals surface area (Å²) in [5.41, 5.74) is 10.3. The number of rotatable bonds is 4. The molecule has 0 saturated heterocycles. The molecule has 1 heterocycles. The number of benzene rings is 2. The second-order valence-corrected chi connectivity index (χ2v) is 8.72. The molecule has 30 heavy (non-hydrogen) atoms. The molecule has 1 aliphatic heterocycles. The number of halogens is 1. The summed E-state index contributed by atoms with van der Waals surface area (Å²) >= 11 is 0. The van der Waals surface area contributed by atoms with Gasteiger partial charge in [0.05, 0.1) is 12.3 Å². The highest BCUT2D eigenvalue weighted by Gasteiger charge is 2.49. The molecule has 0 aromatic heterocycles. The number of fused-ring (bicyclic) bond motifs is 3. The van der Waals surface area contributed by atoms with Crippen molar-refractivity contribution in [1.82, 2.24) is 0 Å². The zero-order valence-electron chi connectivity index (χ0n) is 16.9. The van der Waals surface area contributed by atoms with Crippen molar-refractivity contribution in [2.24, 2.45) is 23.5 Å². The van der Waals surface area contributed by atoms with Crippen LogP contribution in [0.1, 0.15) is 30.4 Å². The number of carbonyl (C=O) groups is 2. The second kappa shape index (κ2) is 8.40. The van der Waals surface area contributed by atoms with Gasteiger partial charge in [-0.15, -0.1) is 12.4 Å². The Kier molecular flexibility index (Phi) is 5.85. The van der Waals surface area contributed by atoms with Crippen LogP contribution in [0.5, 0.6) is 0 Å². The maximum absolute atomic E-state index is 12.8. The van der Waals surface area contributed by atoms with Crippen LogP contribution >= 0.6 is 12.4 Å². The van der Waals surface area contributed by atoms with E-state index in [1.54, 1.807) is 0 Å². The Labute approximate surface area is 183 Å². The van der Waals surface area contributed by atoms with Crippen LogP contribution in [0.25, 0.3) is 0 Å². The molecule has 2 aliphatic carbocycles. The average Bonchev–Trinajstić information content (AvgIpc) is 3.43. The van der Waals surface area contributed by atoms with Crippen LogP contribution in [-0.4, -0.2) is 24.4 Å². The minimum Gasteiger partial charge on any atom is -0.327 e. The van der Waals surface area contributed by atoms with Crippen molar-refractivity contribution in [2.75, 3.05) is 16.8 Å². The van der Waals surface area contributed by atoms with Crippen LogP contribution in [-0.2, 0) is 22.4 Å². The Morgan fingerprint density at radius 3 is 2.50 bits per heavy atom. The van der Waals surface area contributed by atoms with Gasteiger partial charge < -0.3 is 16.0 Å². The molecule has 0 spiro atoms. The summed E-state index contributed by atoms with van der Waals surface area (Å²) in [6.45, 7) is 0.746. The zero-order chi connectivity index (χ0) is 20.0. The van der Waals surface area contributed by atoms with Gasteiger partial charge in [-0.05, 0) is 66.8 Å². The van der Waals surface area contributed by atoms with Crippen molar-refractivity contribution in [2.45, 2.75) is 38.1 Å². The summed E-state index contributed by atoms with van der Waals surface area (Å²) in [7, 11) is 0. The van der Waals surface area contributed by atoms with E-state index in [-0.39, 0.29) is 36.2 Å². The highest BCUT2D eigenvalue weighted by molar-refractivity contribution is 5.97. The first-order valence-corrected chi connectivity index (χ1v) is 10.6. The number of carbonyl (C=O) groups excluding carboxylic acids is 2. The predicted octanol–water partition coefficient (Wildman–Crippen LogP) is 3.55. The number of hydrogen-bond acceptors (Lipinski definition) is 3. The van der Waals surface area contributed by atoms with E-state index in [2.05, 4.69) is 11.4 Å². The maximum atomic E-state index is 12.8.